The molecule has 3 rings (SSSR count). The molecule has 3 aromatic rings. The summed E-state index contributed by atoms with van der Waals surface area (Å²) >= 11 is 0. The van der Waals surface area contributed by atoms with E-state index in [1.54, 1.807) is 48.5 Å². The van der Waals surface area contributed by atoms with E-state index in [2.05, 4.69) is 10.3 Å². The highest BCUT2D eigenvalue weighted by molar-refractivity contribution is 5.80. The monoisotopic (exact) mass is 425 g/mol. The number of benzene rings is 2. The van der Waals surface area contributed by atoms with Crippen molar-refractivity contribution in [2.75, 3.05) is 6.61 Å². The Hall–Kier alpha value is -3.88. The van der Waals surface area contributed by atoms with Crippen molar-refractivity contribution in [3.63, 3.8) is 0 Å². The van der Waals surface area contributed by atoms with Crippen molar-refractivity contribution in [1.82, 2.24) is 14.9 Å². The van der Waals surface area contributed by atoms with Gasteiger partial charge >= 0.3 is 17.8 Å². The van der Waals surface area contributed by atoms with Crippen LogP contribution in [0.15, 0.2) is 58.1 Å². The van der Waals surface area contributed by atoms with Gasteiger partial charge in [0.2, 0.25) is 0 Å². The lowest BCUT2D eigenvalue weighted by atomic mass is 10.1. The van der Waals surface area contributed by atoms with E-state index < -0.39 is 29.4 Å². The molecule has 1 heterocycles. The van der Waals surface area contributed by atoms with Crippen molar-refractivity contribution in [3.8, 4) is 5.69 Å². The van der Waals surface area contributed by atoms with Gasteiger partial charge < -0.3 is 20.1 Å². The Labute approximate surface area is 177 Å². The summed E-state index contributed by atoms with van der Waals surface area (Å²) in [4.78, 5) is 51.1. The van der Waals surface area contributed by atoms with Crippen LogP contribution in [-0.4, -0.2) is 39.4 Å². The molecule has 0 radical (unpaired) electrons. The van der Waals surface area contributed by atoms with Crippen LogP contribution >= 0.6 is 0 Å². The second kappa shape index (κ2) is 9.75. The molecule has 1 atom stereocenters. The van der Waals surface area contributed by atoms with Gasteiger partial charge in [0.15, 0.2) is 0 Å². The second-order valence-corrected chi connectivity index (χ2v) is 7.01. The van der Waals surface area contributed by atoms with Crippen LogP contribution in [0.5, 0.6) is 0 Å². The summed E-state index contributed by atoms with van der Waals surface area (Å²) in [5.41, 5.74) is 0.379. The number of unbranched alkanes of at least 4 members (excludes halogenated alkanes) is 1. The zero-order valence-corrected chi connectivity index (χ0v) is 17.0. The van der Waals surface area contributed by atoms with Crippen LogP contribution in [0.4, 0.5) is 4.79 Å². The van der Waals surface area contributed by atoms with Crippen LogP contribution in [0.3, 0.4) is 0 Å². The zero-order chi connectivity index (χ0) is 22.4. The average molecular weight is 425 g/mol. The maximum atomic E-state index is 12.7. The SMILES string of the molecule is CCCCOC(=O)NC(Cc1ccc(-n2c(=O)[nH]c3ccccc3c2=O)cc1)C(=O)O. The maximum absolute atomic E-state index is 12.7. The van der Waals surface area contributed by atoms with E-state index in [0.717, 1.165) is 11.0 Å². The molecule has 0 spiro atoms. The standard InChI is InChI=1S/C22H23N3O6/c1-2-3-12-31-22(30)24-18(20(27)28)13-14-8-10-15(11-9-14)25-19(26)16-6-4-5-7-17(16)23-21(25)29/h4-11,18H,2-3,12-13H2,1H3,(H,23,29)(H,24,30)(H,27,28). The number of aliphatic carboxylic acids is 1. The van der Waals surface area contributed by atoms with Crippen molar-refractivity contribution >= 4 is 23.0 Å². The van der Waals surface area contributed by atoms with Gasteiger partial charge in [-0.05, 0) is 36.2 Å². The number of alkyl carbamates (subject to hydrolysis) is 1. The van der Waals surface area contributed by atoms with Gasteiger partial charge in [0, 0.05) is 6.42 Å². The summed E-state index contributed by atoms with van der Waals surface area (Å²) in [6.45, 7) is 2.17. The number of para-hydroxylation sites is 1. The summed E-state index contributed by atoms with van der Waals surface area (Å²) in [5, 5.41) is 12.1. The fourth-order valence-corrected chi connectivity index (χ4v) is 3.11. The Balaban J connectivity index is 1.79. The van der Waals surface area contributed by atoms with Crippen LogP contribution in [0, 0.1) is 0 Å². The van der Waals surface area contributed by atoms with E-state index in [9.17, 15) is 24.3 Å². The van der Waals surface area contributed by atoms with Gasteiger partial charge in [-0.1, -0.05) is 37.6 Å². The third-order valence-corrected chi connectivity index (χ3v) is 4.76. The smallest absolute Gasteiger partial charge is 0.407 e. The number of carbonyl (C=O) groups is 2. The number of amides is 1. The minimum absolute atomic E-state index is 0.0153. The van der Waals surface area contributed by atoms with Crippen molar-refractivity contribution in [2.45, 2.75) is 32.2 Å². The normalized spacial score (nSPS) is 11.8. The first-order valence-electron chi connectivity index (χ1n) is 9.90. The molecular formula is C22H23N3O6. The number of nitrogens with zero attached hydrogens (tertiary/aromatic N) is 1. The van der Waals surface area contributed by atoms with E-state index in [1.807, 2.05) is 6.92 Å². The average Bonchev–Trinajstić information content (AvgIpc) is 2.74. The summed E-state index contributed by atoms with van der Waals surface area (Å²) in [7, 11) is 0. The molecule has 0 fully saturated rings. The predicted molar refractivity (Wildman–Crippen MR) is 115 cm³/mol. The summed E-state index contributed by atoms with van der Waals surface area (Å²) in [6, 6.07) is 11.9. The van der Waals surface area contributed by atoms with E-state index >= 15 is 0 Å². The number of carboxylic acid groups (broad SMARTS) is 1. The minimum atomic E-state index is -1.20. The Morgan fingerprint density at radius 3 is 2.52 bits per heavy atom. The number of rotatable bonds is 8. The fraction of sp³-hybridized carbons (Fsp3) is 0.273. The number of H-pyrrole nitrogens is 1. The topological polar surface area (TPSA) is 130 Å². The molecule has 2 aromatic carbocycles. The molecule has 9 heteroatoms. The Morgan fingerprint density at radius 1 is 1.13 bits per heavy atom. The molecular weight excluding hydrogens is 402 g/mol. The third kappa shape index (κ3) is 5.19. The first-order chi connectivity index (χ1) is 14.9. The maximum Gasteiger partial charge on any atom is 0.407 e. The third-order valence-electron chi connectivity index (χ3n) is 4.76. The van der Waals surface area contributed by atoms with E-state index in [0.29, 0.717) is 28.6 Å². The van der Waals surface area contributed by atoms with Gasteiger partial charge in [-0.2, -0.15) is 0 Å². The van der Waals surface area contributed by atoms with Crippen LogP contribution in [-0.2, 0) is 16.0 Å². The van der Waals surface area contributed by atoms with Gasteiger partial charge in [0.05, 0.1) is 23.2 Å². The van der Waals surface area contributed by atoms with Crippen molar-refractivity contribution in [2.24, 2.45) is 0 Å². The lowest BCUT2D eigenvalue weighted by Gasteiger charge is -2.15. The quantitative estimate of drug-likeness (QED) is 0.474. The van der Waals surface area contributed by atoms with Crippen LogP contribution in [0.25, 0.3) is 16.6 Å². The molecule has 162 valence electrons. The first-order valence-corrected chi connectivity index (χ1v) is 9.90. The van der Waals surface area contributed by atoms with Crippen molar-refractivity contribution < 1.29 is 19.4 Å². The van der Waals surface area contributed by atoms with Gasteiger partial charge in [0.1, 0.15) is 6.04 Å². The number of carboxylic acids is 1. The number of carbonyl (C=O) groups excluding carboxylic acids is 1. The van der Waals surface area contributed by atoms with Crippen LogP contribution in [0.2, 0.25) is 0 Å². The number of fused-ring (bicyclic) bond motifs is 1. The number of aromatic nitrogens is 2. The molecule has 1 aromatic heterocycles. The van der Waals surface area contributed by atoms with E-state index in [4.69, 9.17) is 4.74 Å². The summed E-state index contributed by atoms with van der Waals surface area (Å²) in [5.74, 6) is -1.20. The molecule has 9 nitrogen and oxygen atoms in total. The summed E-state index contributed by atoms with van der Waals surface area (Å²) in [6.07, 6.45) is 0.777. The molecule has 0 saturated heterocycles. The number of hydrogen-bond acceptors (Lipinski definition) is 5. The van der Waals surface area contributed by atoms with Crippen LogP contribution in [0.1, 0.15) is 25.3 Å². The van der Waals surface area contributed by atoms with Crippen molar-refractivity contribution in [3.05, 3.63) is 74.9 Å². The van der Waals surface area contributed by atoms with Gasteiger partial charge in [0.25, 0.3) is 5.56 Å². The highest BCUT2D eigenvalue weighted by Crippen LogP contribution is 2.11. The molecule has 31 heavy (non-hydrogen) atoms. The Morgan fingerprint density at radius 2 is 1.84 bits per heavy atom. The Kier molecular flexibility index (Phi) is 6.86. The molecule has 1 amide bonds. The summed E-state index contributed by atoms with van der Waals surface area (Å²) < 4.78 is 5.97. The number of ether oxygens (including phenoxy) is 1. The first kappa shape index (κ1) is 21.8. The van der Waals surface area contributed by atoms with Crippen molar-refractivity contribution in [1.29, 1.82) is 0 Å². The molecule has 0 aliphatic carbocycles. The lowest BCUT2D eigenvalue weighted by Crippen LogP contribution is -2.42. The van der Waals surface area contributed by atoms with Gasteiger partial charge in [-0.15, -0.1) is 0 Å². The van der Waals surface area contributed by atoms with E-state index in [1.165, 1.54) is 0 Å². The molecule has 0 saturated carbocycles. The fourth-order valence-electron chi connectivity index (χ4n) is 3.11. The number of aromatic amines is 1. The van der Waals surface area contributed by atoms with Crippen LogP contribution < -0.4 is 16.6 Å². The molecule has 0 aliphatic heterocycles. The molecule has 3 N–H and O–H groups in total. The molecule has 0 aliphatic rings. The highest BCUT2D eigenvalue weighted by Gasteiger charge is 2.21. The highest BCUT2D eigenvalue weighted by atomic mass is 16.5. The van der Waals surface area contributed by atoms with Gasteiger partial charge in [-0.25, -0.2) is 19.0 Å². The molecule has 0 bridgehead atoms. The largest absolute Gasteiger partial charge is 0.480 e. The predicted octanol–water partition coefficient (Wildman–Crippen LogP) is 2.20. The number of nitrogens with one attached hydrogen (secondary N) is 2. The Bertz CT molecular complexity index is 1200. The lowest BCUT2D eigenvalue weighted by molar-refractivity contribution is -0.139. The zero-order valence-electron chi connectivity index (χ0n) is 17.0. The van der Waals surface area contributed by atoms with Gasteiger partial charge in [-0.3, -0.25) is 4.79 Å². The second-order valence-electron chi connectivity index (χ2n) is 7.01. The van der Waals surface area contributed by atoms with E-state index in [-0.39, 0.29) is 13.0 Å². The molecule has 1 unspecified atom stereocenters. The minimum Gasteiger partial charge on any atom is -0.480 e. The number of hydrogen-bond donors (Lipinski definition) is 3.